The van der Waals surface area contributed by atoms with Gasteiger partial charge in [0.1, 0.15) is 5.60 Å². The van der Waals surface area contributed by atoms with Gasteiger partial charge in [-0.1, -0.05) is 6.92 Å². The van der Waals surface area contributed by atoms with Gasteiger partial charge in [-0.15, -0.1) is 0 Å². The molecule has 1 aromatic heterocycles. The molecule has 0 spiro atoms. The van der Waals surface area contributed by atoms with Crippen LogP contribution >= 0.6 is 0 Å². The summed E-state index contributed by atoms with van der Waals surface area (Å²) in [5, 5.41) is 11.8. The lowest BCUT2D eigenvalue weighted by atomic mass is 10.2. The summed E-state index contributed by atoms with van der Waals surface area (Å²) >= 11 is 0. The maximum absolute atomic E-state index is 11.9. The van der Waals surface area contributed by atoms with Gasteiger partial charge in [-0.05, 0) is 27.2 Å². The fourth-order valence-corrected chi connectivity index (χ4v) is 1.57. The van der Waals surface area contributed by atoms with Crippen molar-refractivity contribution in [1.29, 1.82) is 0 Å². The molecule has 5 N–H and O–H groups in total. The Kier molecular flexibility index (Phi) is 5.57. The zero-order chi connectivity index (χ0) is 16.0. The number of alkyl carbamates (subject to hydrolysis) is 1. The van der Waals surface area contributed by atoms with Gasteiger partial charge in [-0.25, -0.2) is 4.79 Å². The number of aromatic amines is 1. The predicted octanol–water partition coefficient (Wildman–Crippen LogP) is 0.809. The Bertz CT molecular complexity index is 504. The molecule has 1 heterocycles. The number of carbonyl (C=O) groups is 2. The van der Waals surface area contributed by atoms with Crippen molar-refractivity contribution in [3.63, 3.8) is 0 Å². The Balaban J connectivity index is 2.34. The highest BCUT2D eigenvalue weighted by Crippen LogP contribution is 2.13. The van der Waals surface area contributed by atoms with Crippen LogP contribution in [-0.2, 0) is 11.2 Å². The first-order valence-corrected chi connectivity index (χ1v) is 6.82. The summed E-state index contributed by atoms with van der Waals surface area (Å²) in [5.74, 6) is -0.380. The number of nitrogens with two attached hydrogens (primary N) is 1. The Morgan fingerprint density at radius 1 is 1.29 bits per heavy atom. The lowest BCUT2D eigenvalue weighted by molar-refractivity contribution is 0.0526. The summed E-state index contributed by atoms with van der Waals surface area (Å²) in [6.07, 6.45) is 0.149. The van der Waals surface area contributed by atoms with E-state index in [0.717, 1.165) is 5.69 Å². The van der Waals surface area contributed by atoms with E-state index in [0.29, 0.717) is 12.1 Å². The third kappa shape index (κ3) is 5.33. The Hall–Kier alpha value is -2.25. The first kappa shape index (κ1) is 16.8. The van der Waals surface area contributed by atoms with E-state index in [9.17, 15) is 9.59 Å². The number of carbonyl (C=O) groups excluding carboxylic acids is 2. The monoisotopic (exact) mass is 297 g/mol. The number of H-pyrrole nitrogens is 1. The largest absolute Gasteiger partial charge is 0.444 e. The van der Waals surface area contributed by atoms with Crippen LogP contribution < -0.4 is 16.4 Å². The molecule has 1 aromatic rings. The molecule has 0 aliphatic heterocycles. The Morgan fingerprint density at radius 2 is 1.90 bits per heavy atom. The number of aryl methyl sites for hydroxylation is 1. The molecule has 118 valence electrons. The van der Waals surface area contributed by atoms with E-state index in [4.69, 9.17) is 10.5 Å². The average molecular weight is 297 g/mol. The lowest BCUT2D eigenvalue weighted by Crippen LogP contribution is -2.38. The Labute approximate surface area is 123 Å². The highest BCUT2D eigenvalue weighted by molar-refractivity contribution is 5.97. The van der Waals surface area contributed by atoms with Gasteiger partial charge < -0.3 is 21.1 Å². The second kappa shape index (κ2) is 6.96. The summed E-state index contributed by atoms with van der Waals surface area (Å²) in [6, 6.07) is 0. The second-order valence-corrected chi connectivity index (χ2v) is 5.50. The zero-order valence-electron chi connectivity index (χ0n) is 12.9. The molecule has 0 saturated heterocycles. The van der Waals surface area contributed by atoms with E-state index >= 15 is 0 Å². The molecule has 0 fully saturated rings. The molecular weight excluding hydrogens is 274 g/mol. The summed E-state index contributed by atoms with van der Waals surface area (Å²) in [7, 11) is 0. The van der Waals surface area contributed by atoms with Gasteiger partial charge in [0.05, 0.1) is 11.4 Å². The van der Waals surface area contributed by atoms with E-state index in [1.807, 2.05) is 6.92 Å². The molecule has 1 rings (SSSR count). The molecule has 21 heavy (non-hydrogen) atoms. The van der Waals surface area contributed by atoms with Crippen molar-refractivity contribution >= 4 is 17.7 Å². The van der Waals surface area contributed by atoms with Crippen LogP contribution in [0.1, 0.15) is 43.9 Å². The SMILES string of the molecule is CCc1[nH]nc(C(=O)NCCNC(=O)OC(C)(C)C)c1N. The van der Waals surface area contributed by atoms with Gasteiger partial charge >= 0.3 is 6.09 Å². The number of hydrogen-bond acceptors (Lipinski definition) is 5. The zero-order valence-corrected chi connectivity index (χ0v) is 12.9. The fraction of sp³-hybridized carbons (Fsp3) is 0.615. The third-order valence-corrected chi connectivity index (χ3v) is 2.53. The van der Waals surface area contributed by atoms with Gasteiger partial charge in [-0.2, -0.15) is 5.10 Å². The van der Waals surface area contributed by atoms with Crippen molar-refractivity contribution in [1.82, 2.24) is 20.8 Å². The summed E-state index contributed by atoms with van der Waals surface area (Å²) < 4.78 is 5.07. The number of nitrogen functional groups attached to an aromatic ring is 1. The van der Waals surface area contributed by atoms with Crippen LogP contribution in [0.2, 0.25) is 0 Å². The first-order valence-electron chi connectivity index (χ1n) is 6.82. The molecule has 0 aromatic carbocycles. The standard InChI is InChI=1S/C13H23N5O3/c1-5-8-9(14)10(18-17-8)11(19)15-6-7-16-12(20)21-13(2,3)4/h5-7,14H2,1-4H3,(H,15,19)(H,16,20)(H,17,18). The molecule has 0 atom stereocenters. The van der Waals surface area contributed by atoms with E-state index in [1.165, 1.54) is 0 Å². The van der Waals surface area contributed by atoms with Crippen molar-refractivity contribution in [3.05, 3.63) is 11.4 Å². The number of anilines is 1. The molecule has 0 unspecified atom stereocenters. The smallest absolute Gasteiger partial charge is 0.407 e. The maximum Gasteiger partial charge on any atom is 0.407 e. The van der Waals surface area contributed by atoms with Crippen molar-refractivity contribution in [3.8, 4) is 0 Å². The predicted molar refractivity (Wildman–Crippen MR) is 78.9 cm³/mol. The van der Waals surface area contributed by atoms with E-state index < -0.39 is 11.7 Å². The normalized spacial score (nSPS) is 11.0. The molecule has 8 nitrogen and oxygen atoms in total. The topological polar surface area (TPSA) is 122 Å². The second-order valence-electron chi connectivity index (χ2n) is 5.50. The summed E-state index contributed by atoms with van der Waals surface area (Å²) in [6.45, 7) is 7.76. The van der Waals surface area contributed by atoms with Gasteiger partial charge in [0.15, 0.2) is 5.69 Å². The van der Waals surface area contributed by atoms with Crippen LogP contribution in [0.25, 0.3) is 0 Å². The van der Waals surface area contributed by atoms with Crippen LogP contribution in [0.5, 0.6) is 0 Å². The van der Waals surface area contributed by atoms with Crippen LogP contribution in [0.4, 0.5) is 10.5 Å². The molecule has 8 heteroatoms. The number of nitrogens with one attached hydrogen (secondary N) is 3. The molecule has 2 amide bonds. The molecule has 0 aliphatic rings. The van der Waals surface area contributed by atoms with Gasteiger partial charge in [0.25, 0.3) is 5.91 Å². The number of nitrogens with zero attached hydrogens (tertiary/aromatic N) is 1. The van der Waals surface area contributed by atoms with Crippen molar-refractivity contribution in [2.24, 2.45) is 0 Å². The van der Waals surface area contributed by atoms with Gasteiger partial charge in [0, 0.05) is 13.1 Å². The van der Waals surface area contributed by atoms with E-state index in [1.54, 1.807) is 20.8 Å². The minimum absolute atomic E-state index is 0.170. The molecule has 0 bridgehead atoms. The van der Waals surface area contributed by atoms with Gasteiger partial charge in [-0.3, -0.25) is 9.89 Å². The van der Waals surface area contributed by atoms with Crippen molar-refractivity contribution < 1.29 is 14.3 Å². The van der Waals surface area contributed by atoms with Gasteiger partial charge in [0.2, 0.25) is 0 Å². The number of aromatic nitrogens is 2. The number of hydrogen-bond donors (Lipinski definition) is 4. The maximum atomic E-state index is 11.9. The highest BCUT2D eigenvalue weighted by atomic mass is 16.6. The third-order valence-electron chi connectivity index (χ3n) is 2.53. The first-order chi connectivity index (χ1) is 9.74. The van der Waals surface area contributed by atoms with Crippen molar-refractivity contribution in [2.45, 2.75) is 39.7 Å². The Morgan fingerprint density at radius 3 is 2.43 bits per heavy atom. The van der Waals surface area contributed by atoms with Crippen LogP contribution in [-0.4, -0.2) is 40.9 Å². The quantitative estimate of drug-likeness (QED) is 0.599. The molecule has 0 aliphatic carbocycles. The molecule has 0 radical (unpaired) electrons. The minimum Gasteiger partial charge on any atom is -0.444 e. The number of rotatable bonds is 5. The van der Waals surface area contributed by atoms with Crippen LogP contribution in [0.15, 0.2) is 0 Å². The van der Waals surface area contributed by atoms with Crippen molar-refractivity contribution in [2.75, 3.05) is 18.8 Å². The van der Waals surface area contributed by atoms with Crippen LogP contribution in [0.3, 0.4) is 0 Å². The highest BCUT2D eigenvalue weighted by Gasteiger charge is 2.17. The minimum atomic E-state index is -0.548. The van der Waals surface area contributed by atoms with Crippen LogP contribution in [0, 0.1) is 0 Å². The lowest BCUT2D eigenvalue weighted by Gasteiger charge is -2.19. The molecule has 0 saturated carbocycles. The van der Waals surface area contributed by atoms with E-state index in [2.05, 4.69) is 20.8 Å². The number of ether oxygens (including phenoxy) is 1. The van der Waals surface area contributed by atoms with E-state index in [-0.39, 0.29) is 24.7 Å². The molecular formula is C13H23N5O3. The average Bonchev–Trinajstić information content (AvgIpc) is 2.73. The summed E-state index contributed by atoms with van der Waals surface area (Å²) in [5.41, 5.74) is 6.50. The number of amides is 2. The summed E-state index contributed by atoms with van der Waals surface area (Å²) in [4.78, 5) is 23.2. The fourth-order valence-electron chi connectivity index (χ4n) is 1.57.